The van der Waals surface area contributed by atoms with E-state index in [0.717, 1.165) is 31.6 Å². The number of carbonyl (C=O) groups excluding carboxylic acids is 1. The van der Waals surface area contributed by atoms with Gasteiger partial charge in [-0.3, -0.25) is 4.79 Å². The average Bonchev–Trinajstić information content (AvgIpc) is 2.71. The molecule has 0 aliphatic rings. The Morgan fingerprint density at radius 3 is 2.07 bits per heavy atom. The van der Waals surface area contributed by atoms with Gasteiger partial charge in [-0.15, -0.1) is 0 Å². The van der Waals surface area contributed by atoms with Crippen LogP contribution in [0.15, 0.2) is 30.3 Å². The summed E-state index contributed by atoms with van der Waals surface area (Å²) < 4.78 is 5.84. The number of aliphatic hydroxyl groups is 1. The molecule has 0 heterocycles. The summed E-state index contributed by atoms with van der Waals surface area (Å²) in [7, 11) is 0. The number of allylic oxidation sites excluding steroid dienone is 1. The van der Waals surface area contributed by atoms with Crippen LogP contribution in [0.3, 0.4) is 0 Å². The Morgan fingerprint density at radius 2 is 1.50 bits per heavy atom. The molecule has 0 spiro atoms. The normalized spacial score (nSPS) is 11.8. The topological polar surface area (TPSA) is 49.8 Å². The first-order valence-corrected chi connectivity index (χ1v) is 11.0. The van der Waals surface area contributed by atoms with Crippen LogP contribution in [0.1, 0.15) is 77.7 Å². The van der Waals surface area contributed by atoms with Crippen molar-refractivity contribution in [2.45, 2.75) is 72.1 Å². The van der Waals surface area contributed by atoms with Crippen LogP contribution in [0.25, 0.3) is 5.76 Å². The van der Waals surface area contributed by atoms with Crippen LogP contribution < -0.4 is 4.74 Å². The molecule has 0 saturated carbocycles. The highest BCUT2D eigenvalue weighted by atomic mass is 16.5. The van der Waals surface area contributed by atoms with E-state index in [9.17, 15) is 9.90 Å². The van der Waals surface area contributed by atoms with Crippen LogP contribution in [0.2, 0.25) is 0 Å². The Morgan fingerprint density at radius 1 is 0.929 bits per heavy atom. The van der Waals surface area contributed by atoms with Crippen LogP contribution in [0.4, 0.5) is 0 Å². The lowest BCUT2D eigenvalue weighted by atomic mass is 10.1. The number of aliphatic hydroxyl groups excluding tert-OH is 1. The van der Waals surface area contributed by atoms with Gasteiger partial charge in [-0.2, -0.15) is 0 Å². The van der Waals surface area contributed by atoms with Crippen molar-refractivity contribution in [1.29, 1.82) is 0 Å². The summed E-state index contributed by atoms with van der Waals surface area (Å²) in [6, 6.07) is 7.29. The lowest BCUT2D eigenvalue weighted by molar-refractivity contribution is -0.114. The Labute approximate surface area is 171 Å². The van der Waals surface area contributed by atoms with Gasteiger partial charge >= 0.3 is 0 Å². The first-order valence-electron chi connectivity index (χ1n) is 11.0. The summed E-state index contributed by atoms with van der Waals surface area (Å²) in [5, 5.41) is 10.1. The van der Waals surface area contributed by atoms with Gasteiger partial charge in [-0.25, -0.2) is 0 Å². The quantitative estimate of drug-likeness (QED) is 0.213. The van der Waals surface area contributed by atoms with E-state index < -0.39 is 0 Å². The number of unbranched alkanes of at least 4 members (excludes halogenated alkanes) is 3. The summed E-state index contributed by atoms with van der Waals surface area (Å²) in [6.45, 7) is 10.6. The molecule has 1 aromatic carbocycles. The van der Waals surface area contributed by atoms with E-state index in [2.05, 4.69) is 18.7 Å². The molecule has 158 valence electrons. The maximum atomic E-state index is 11.7. The van der Waals surface area contributed by atoms with E-state index in [1.165, 1.54) is 44.8 Å². The lowest BCUT2D eigenvalue weighted by Gasteiger charge is -2.21. The monoisotopic (exact) mass is 389 g/mol. The maximum absolute atomic E-state index is 11.7. The van der Waals surface area contributed by atoms with Gasteiger partial charge in [0.1, 0.15) is 11.5 Å². The standard InChI is InChI=1S/C24H39NO3/c1-4-7-11-22(26)20-24(27)21-12-14-23(15-13-21)28-19-10-18-25(16-8-5-2)17-9-6-3/h12-15,20,27H,4-11,16-19H2,1-3H3. The van der Waals surface area contributed by atoms with E-state index in [1.807, 2.05) is 19.1 Å². The maximum Gasteiger partial charge on any atom is 0.159 e. The molecule has 4 nitrogen and oxygen atoms in total. The zero-order valence-electron chi connectivity index (χ0n) is 18.1. The summed E-state index contributed by atoms with van der Waals surface area (Å²) in [5.74, 6) is 0.785. The fourth-order valence-corrected chi connectivity index (χ4v) is 2.96. The SMILES string of the molecule is CCCCC(=O)C=C(O)c1ccc(OCCCN(CCCC)CCCC)cc1. The molecule has 1 rings (SSSR count). The molecule has 0 atom stereocenters. The smallest absolute Gasteiger partial charge is 0.159 e. The Balaban J connectivity index is 2.41. The minimum Gasteiger partial charge on any atom is -0.507 e. The third kappa shape index (κ3) is 10.5. The number of nitrogens with zero attached hydrogens (tertiary/aromatic N) is 1. The second-order valence-electron chi connectivity index (χ2n) is 7.37. The van der Waals surface area contributed by atoms with Crippen molar-refractivity contribution in [2.24, 2.45) is 0 Å². The van der Waals surface area contributed by atoms with Crippen LogP contribution in [0.5, 0.6) is 5.75 Å². The van der Waals surface area contributed by atoms with E-state index in [4.69, 9.17) is 4.74 Å². The van der Waals surface area contributed by atoms with Gasteiger partial charge < -0.3 is 14.7 Å². The Kier molecular flexibility index (Phi) is 13.1. The number of carbonyl (C=O) groups is 1. The van der Waals surface area contributed by atoms with Gasteiger partial charge in [0.25, 0.3) is 0 Å². The minimum atomic E-state index is -0.0321. The fourth-order valence-electron chi connectivity index (χ4n) is 2.96. The number of benzene rings is 1. The highest BCUT2D eigenvalue weighted by Crippen LogP contribution is 2.18. The molecule has 1 N–H and O–H groups in total. The van der Waals surface area contributed by atoms with Crippen molar-refractivity contribution in [3.05, 3.63) is 35.9 Å². The van der Waals surface area contributed by atoms with E-state index in [1.54, 1.807) is 12.1 Å². The zero-order chi connectivity index (χ0) is 20.6. The van der Waals surface area contributed by atoms with Crippen molar-refractivity contribution in [3.63, 3.8) is 0 Å². The molecular formula is C24H39NO3. The molecular weight excluding hydrogens is 350 g/mol. The highest BCUT2D eigenvalue weighted by Gasteiger charge is 2.06. The van der Waals surface area contributed by atoms with Crippen molar-refractivity contribution in [2.75, 3.05) is 26.2 Å². The molecule has 0 amide bonds. The molecule has 0 fully saturated rings. The second kappa shape index (κ2) is 15.2. The van der Waals surface area contributed by atoms with Crippen LogP contribution >= 0.6 is 0 Å². The first-order chi connectivity index (χ1) is 13.6. The molecule has 0 unspecified atom stereocenters. The van der Waals surface area contributed by atoms with Gasteiger partial charge in [0.05, 0.1) is 6.61 Å². The average molecular weight is 390 g/mol. The van der Waals surface area contributed by atoms with Gasteiger partial charge in [0.2, 0.25) is 0 Å². The Bertz CT molecular complexity index is 558. The molecule has 0 aliphatic carbocycles. The van der Waals surface area contributed by atoms with Crippen molar-refractivity contribution in [1.82, 2.24) is 4.90 Å². The van der Waals surface area contributed by atoms with Gasteiger partial charge in [-0.1, -0.05) is 40.0 Å². The van der Waals surface area contributed by atoms with E-state index in [0.29, 0.717) is 18.6 Å². The third-order valence-electron chi connectivity index (χ3n) is 4.77. The molecule has 0 saturated heterocycles. The molecule has 4 heteroatoms. The van der Waals surface area contributed by atoms with E-state index >= 15 is 0 Å². The zero-order valence-corrected chi connectivity index (χ0v) is 18.1. The summed E-state index contributed by atoms with van der Waals surface area (Å²) in [6.07, 6.45) is 9.61. The molecule has 28 heavy (non-hydrogen) atoms. The largest absolute Gasteiger partial charge is 0.507 e. The number of ketones is 1. The molecule has 0 aromatic heterocycles. The fraction of sp³-hybridized carbons (Fsp3) is 0.625. The number of ether oxygens (including phenoxy) is 1. The van der Waals surface area contributed by atoms with Crippen LogP contribution in [0, 0.1) is 0 Å². The highest BCUT2D eigenvalue weighted by molar-refractivity contribution is 5.95. The summed E-state index contributed by atoms with van der Waals surface area (Å²) in [4.78, 5) is 14.3. The van der Waals surface area contributed by atoms with E-state index in [-0.39, 0.29) is 11.5 Å². The van der Waals surface area contributed by atoms with Gasteiger partial charge in [0, 0.05) is 24.6 Å². The predicted octanol–water partition coefficient (Wildman–Crippen LogP) is 6.02. The molecule has 0 radical (unpaired) electrons. The lowest BCUT2D eigenvalue weighted by Crippen LogP contribution is -2.28. The minimum absolute atomic E-state index is 0.0233. The Hall–Kier alpha value is -1.81. The number of rotatable bonds is 16. The molecule has 1 aromatic rings. The van der Waals surface area contributed by atoms with Crippen molar-refractivity contribution >= 4 is 11.5 Å². The number of hydrogen-bond donors (Lipinski definition) is 1. The van der Waals surface area contributed by atoms with Crippen molar-refractivity contribution < 1.29 is 14.6 Å². The first kappa shape index (κ1) is 24.2. The van der Waals surface area contributed by atoms with Crippen LogP contribution in [-0.4, -0.2) is 42.0 Å². The second-order valence-corrected chi connectivity index (χ2v) is 7.37. The molecule has 0 bridgehead atoms. The molecule has 0 aliphatic heterocycles. The predicted molar refractivity (Wildman–Crippen MR) is 118 cm³/mol. The number of hydrogen-bond acceptors (Lipinski definition) is 4. The van der Waals surface area contributed by atoms with Crippen molar-refractivity contribution in [3.8, 4) is 5.75 Å². The summed E-state index contributed by atoms with van der Waals surface area (Å²) in [5.41, 5.74) is 0.641. The summed E-state index contributed by atoms with van der Waals surface area (Å²) >= 11 is 0. The van der Waals surface area contributed by atoms with Gasteiger partial charge in [0.15, 0.2) is 5.78 Å². The van der Waals surface area contributed by atoms with Gasteiger partial charge in [-0.05, 0) is 63.0 Å². The van der Waals surface area contributed by atoms with Crippen LogP contribution in [-0.2, 0) is 4.79 Å². The third-order valence-corrected chi connectivity index (χ3v) is 4.77.